The van der Waals surface area contributed by atoms with E-state index in [1.165, 1.54) is 6.08 Å². The van der Waals surface area contributed by atoms with E-state index in [1.54, 1.807) is 4.90 Å². The molecule has 0 radical (unpaired) electrons. The van der Waals surface area contributed by atoms with Gasteiger partial charge in [-0.2, -0.15) is 0 Å². The number of hydrogen-bond acceptors (Lipinski definition) is 3. The molecule has 0 spiro atoms. The van der Waals surface area contributed by atoms with E-state index in [0.29, 0.717) is 25.4 Å². The van der Waals surface area contributed by atoms with Crippen molar-refractivity contribution in [1.29, 1.82) is 0 Å². The summed E-state index contributed by atoms with van der Waals surface area (Å²) >= 11 is 0. The fraction of sp³-hybridized carbons (Fsp3) is 0.667. The number of nitrogens with zero attached hydrogens (tertiary/aromatic N) is 1. The highest BCUT2D eigenvalue weighted by Crippen LogP contribution is 2.41. The molecule has 0 aromatic carbocycles. The first kappa shape index (κ1) is 12.0. The molecule has 0 aromatic rings. The molecule has 2 aliphatic rings. The summed E-state index contributed by atoms with van der Waals surface area (Å²) in [5, 5.41) is 9.08. The monoisotopic (exact) mass is 239 g/mol. The number of ether oxygens (including phenoxy) is 1. The van der Waals surface area contributed by atoms with Gasteiger partial charge in [-0.05, 0) is 24.7 Å². The lowest BCUT2D eigenvalue weighted by Crippen LogP contribution is -2.42. The topological polar surface area (TPSA) is 66.8 Å². The highest BCUT2D eigenvalue weighted by molar-refractivity contribution is 5.72. The Balaban J connectivity index is 1.95. The number of amides is 1. The minimum absolute atomic E-state index is 0.0857. The van der Waals surface area contributed by atoms with Crippen LogP contribution in [0.2, 0.25) is 0 Å². The van der Waals surface area contributed by atoms with Crippen molar-refractivity contribution < 1.29 is 19.4 Å². The molecule has 1 amide bonds. The molecule has 1 saturated carbocycles. The minimum Gasteiger partial charge on any atom is -0.481 e. The number of carboxylic acids is 1. The van der Waals surface area contributed by atoms with Crippen LogP contribution in [0.3, 0.4) is 0 Å². The van der Waals surface area contributed by atoms with Gasteiger partial charge in [-0.3, -0.25) is 4.79 Å². The normalized spacial score (nSPS) is 31.1. The third kappa shape index (κ3) is 2.43. The number of rotatable bonds is 3. The lowest BCUT2D eigenvalue weighted by molar-refractivity contribution is -0.143. The Morgan fingerprint density at radius 2 is 2.18 bits per heavy atom. The summed E-state index contributed by atoms with van der Waals surface area (Å²) in [6, 6.07) is 0. The summed E-state index contributed by atoms with van der Waals surface area (Å²) in [4.78, 5) is 24.3. The summed E-state index contributed by atoms with van der Waals surface area (Å²) < 4.78 is 4.97. The molecule has 1 aliphatic heterocycles. The molecule has 3 atom stereocenters. The van der Waals surface area contributed by atoms with Crippen molar-refractivity contribution in [1.82, 2.24) is 4.90 Å². The van der Waals surface area contributed by atoms with Crippen molar-refractivity contribution in [2.24, 2.45) is 17.8 Å². The number of piperidine rings is 1. The van der Waals surface area contributed by atoms with E-state index in [0.717, 1.165) is 6.42 Å². The molecule has 5 nitrogen and oxygen atoms in total. The maximum atomic E-state index is 11.7. The molecular weight excluding hydrogens is 222 g/mol. The second kappa shape index (κ2) is 4.77. The number of carbonyl (C=O) groups is 2. The van der Waals surface area contributed by atoms with Crippen LogP contribution in [-0.4, -0.2) is 41.8 Å². The van der Waals surface area contributed by atoms with Crippen LogP contribution in [0.5, 0.6) is 0 Å². The molecule has 3 unspecified atom stereocenters. The van der Waals surface area contributed by atoms with Gasteiger partial charge in [0.1, 0.15) is 6.61 Å². The smallest absolute Gasteiger partial charge is 0.410 e. The predicted octanol–water partition coefficient (Wildman–Crippen LogP) is 1.35. The number of fused-ring (bicyclic) bond motifs is 2. The van der Waals surface area contributed by atoms with Gasteiger partial charge in [0.25, 0.3) is 0 Å². The summed E-state index contributed by atoms with van der Waals surface area (Å²) in [5.74, 6) is -0.635. The molecule has 5 heteroatoms. The van der Waals surface area contributed by atoms with Crippen LogP contribution in [0.4, 0.5) is 4.79 Å². The number of carbonyl (C=O) groups excluding carboxylic acids is 1. The molecule has 1 N–H and O–H groups in total. The summed E-state index contributed by atoms with van der Waals surface area (Å²) in [6.45, 7) is 4.81. The largest absolute Gasteiger partial charge is 0.481 e. The SMILES string of the molecule is C=CCOC(=O)N1CC2CC(C1)C(C(=O)O)C2. The van der Waals surface area contributed by atoms with Crippen molar-refractivity contribution in [2.45, 2.75) is 12.8 Å². The van der Waals surface area contributed by atoms with Gasteiger partial charge in [0.2, 0.25) is 0 Å². The van der Waals surface area contributed by atoms with E-state index in [-0.39, 0.29) is 24.5 Å². The van der Waals surface area contributed by atoms with E-state index >= 15 is 0 Å². The van der Waals surface area contributed by atoms with Gasteiger partial charge in [0.05, 0.1) is 5.92 Å². The van der Waals surface area contributed by atoms with Crippen molar-refractivity contribution >= 4 is 12.1 Å². The van der Waals surface area contributed by atoms with Crippen molar-refractivity contribution in [3.63, 3.8) is 0 Å². The van der Waals surface area contributed by atoms with Crippen molar-refractivity contribution in [2.75, 3.05) is 19.7 Å². The molecular formula is C12H17NO4. The Hall–Kier alpha value is -1.52. The quantitative estimate of drug-likeness (QED) is 0.755. The maximum Gasteiger partial charge on any atom is 0.410 e. The van der Waals surface area contributed by atoms with E-state index in [9.17, 15) is 9.59 Å². The molecule has 2 bridgehead atoms. The van der Waals surface area contributed by atoms with Crippen LogP contribution in [-0.2, 0) is 9.53 Å². The average Bonchev–Trinajstić information content (AvgIpc) is 2.61. The van der Waals surface area contributed by atoms with Gasteiger partial charge in [0, 0.05) is 13.1 Å². The van der Waals surface area contributed by atoms with Crippen molar-refractivity contribution in [3.8, 4) is 0 Å². The average molecular weight is 239 g/mol. The number of hydrogen-bond donors (Lipinski definition) is 1. The third-order valence-corrected chi connectivity index (χ3v) is 3.63. The predicted molar refractivity (Wildman–Crippen MR) is 60.5 cm³/mol. The zero-order valence-corrected chi connectivity index (χ0v) is 9.67. The summed E-state index contributed by atoms with van der Waals surface area (Å²) in [5.41, 5.74) is 0. The van der Waals surface area contributed by atoms with E-state index in [2.05, 4.69) is 6.58 Å². The Bertz CT molecular complexity index is 341. The standard InChI is InChI=1S/C12H17NO4/c1-2-3-17-12(16)13-6-8-4-9(7-13)10(5-8)11(14)15/h2,8-10H,1,3-7H2,(H,14,15). The summed E-state index contributed by atoms with van der Waals surface area (Å²) in [6.07, 6.45) is 2.77. The third-order valence-electron chi connectivity index (χ3n) is 3.63. The first-order chi connectivity index (χ1) is 8.11. The zero-order valence-electron chi connectivity index (χ0n) is 9.67. The molecule has 0 aromatic heterocycles. The van der Waals surface area contributed by atoms with Gasteiger partial charge in [-0.15, -0.1) is 0 Å². The van der Waals surface area contributed by atoms with Crippen LogP contribution in [0.25, 0.3) is 0 Å². The fourth-order valence-corrected chi connectivity index (χ4v) is 2.93. The molecule has 1 aliphatic carbocycles. The number of likely N-dealkylation sites (tertiary alicyclic amines) is 1. The maximum absolute atomic E-state index is 11.7. The van der Waals surface area contributed by atoms with Crippen LogP contribution >= 0.6 is 0 Å². The van der Waals surface area contributed by atoms with Crippen LogP contribution in [0, 0.1) is 17.8 Å². The number of aliphatic carboxylic acids is 1. The molecule has 1 saturated heterocycles. The fourth-order valence-electron chi connectivity index (χ4n) is 2.93. The van der Waals surface area contributed by atoms with Gasteiger partial charge in [0.15, 0.2) is 0 Å². The van der Waals surface area contributed by atoms with E-state index in [1.807, 2.05) is 0 Å². The molecule has 94 valence electrons. The zero-order chi connectivity index (χ0) is 12.4. The van der Waals surface area contributed by atoms with Gasteiger partial charge < -0.3 is 14.7 Å². The molecule has 2 fully saturated rings. The Morgan fingerprint density at radius 3 is 2.82 bits per heavy atom. The van der Waals surface area contributed by atoms with Crippen LogP contribution in [0.15, 0.2) is 12.7 Å². The second-order valence-electron chi connectivity index (χ2n) is 4.81. The summed E-state index contributed by atoms with van der Waals surface area (Å²) in [7, 11) is 0. The Morgan fingerprint density at radius 1 is 1.41 bits per heavy atom. The lowest BCUT2D eigenvalue weighted by atomic mass is 9.95. The molecule has 2 rings (SSSR count). The van der Waals surface area contributed by atoms with E-state index in [4.69, 9.17) is 9.84 Å². The highest BCUT2D eigenvalue weighted by Gasteiger charge is 2.44. The lowest BCUT2D eigenvalue weighted by Gasteiger charge is -2.31. The Labute approximate surface area is 100 Å². The van der Waals surface area contributed by atoms with Crippen molar-refractivity contribution in [3.05, 3.63) is 12.7 Å². The van der Waals surface area contributed by atoms with E-state index < -0.39 is 5.97 Å². The Kier molecular flexibility index (Phi) is 3.36. The first-order valence-corrected chi connectivity index (χ1v) is 5.87. The second-order valence-corrected chi connectivity index (χ2v) is 4.81. The molecule has 17 heavy (non-hydrogen) atoms. The van der Waals surface area contributed by atoms with Crippen LogP contribution < -0.4 is 0 Å². The molecule has 1 heterocycles. The van der Waals surface area contributed by atoms with Gasteiger partial charge in [-0.1, -0.05) is 12.7 Å². The first-order valence-electron chi connectivity index (χ1n) is 5.87. The van der Waals surface area contributed by atoms with Gasteiger partial charge in [-0.25, -0.2) is 4.79 Å². The van der Waals surface area contributed by atoms with Crippen LogP contribution in [0.1, 0.15) is 12.8 Å². The number of carboxylic acid groups (broad SMARTS) is 1. The van der Waals surface area contributed by atoms with Gasteiger partial charge >= 0.3 is 12.1 Å². The minimum atomic E-state index is -0.737. The highest BCUT2D eigenvalue weighted by atomic mass is 16.6.